The maximum Gasteiger partial charge on any atom is 1.00 e. The molecule has 0 aliphatic carbocycles. The summed E-state index contributed by atoms with van der Waals surface area (Å²) >= 11 is 0. The van der Waals surface area contributed by atoms with Crippen LogP contribution in [0.5, 0.6) is 0 Å². The largest absolute Gasteiger partial charge is 1.00 e. The zero-order valence-corrected chi connectivity index (χ0v) is 10.1. The van der Waals surface area contributed by atoms with Gasteiger partial charge < -0.3 is 14.3 Å². The number of ketones is 1. The number of hydrogen-bond acceptors (Lipinski definition) is 4. The minimum Gasteiger partial charge on any atom is -0.541 e. The Hall–Kier alpha value is -0.204. The van der Waals surface area contributed by atoms with Crippen LogP contribution >= 0.6 is 0 Å². The van der Waals surface area contributed by atoms with Gasteiger partial charge in [-0.15, -0.1) is 0 Å². The Bertz CT molecular complexity index is 313. The standard InChI is InChI=1S/C8H6O4.K/c9-7(8(10)11)4-3-6-2-1-5-12-6;/h1-5H,(H,10,11);/q;+1/p-1/b4-3+;. The van der Waals surface area contributed by atoms with Gasteiger partial charge in [-0.25, -0.2) is 0 Å². The fourth-order valence-corrected chi connectivity index (χ4v) is 0.612. The molecule has 1 heterocycles. The molecule has 4 nitrogen and oxygen atoms in total. The SMILES string of the molecule is O=C([O-])C(=O)/C=C/c1ccco1.[K+]. The van der Waals surface area contributed by atoms with E-state index in [2.05, 4.69) is 0 Å². The number of furan rings is 1. The molecule has 0 aliphatic heterocycles. The summed E-state index contributed by atoms with van der Waals surface area (Å²) < 4.78 is 4.81. The maximum atomic E-state index is 10.4. The van der Waals surface area contributed by atoms with Gasteiger partial charge in [0, 0.05) is 0 Å². The summed E-state index contributed by atoms with van der Waals surface area (Å²) in [7, 11) is 0. The van der Waals surface area contributed by atoms with Crippen molar-refractivity contribution in [3.05, 3.63) is 30.2 Å². The summed E-state index contributed by atoms with van der Waals surface area (Å²) in [5.41, 5.74) is 0. The summed E-state index contributed by atoms with van der Waals surface area (Å²) in [4.78, 5) is 20.4. The van der Waals surface area contributed by atoms with Crippen LogP contribution in [0.25, 0.3) is 6.08 Å². The normalized spacial score (nSPS) is 9.54. The van der Waals surface area contributed by atoms with Gasteiger partial charge in [0.25, 0.3) is 0 Å². The first-order valence-corrected chi connectivity index (χ1v) is 3.17. The zero-order chi connectivity index (χ0) is 8.97. The molecule has 13 heavy (non-hydrogen) atoms. The Kier molecular flexibility index (Phi) is 6.18. The molecule has 1 rings (SSSR count). The summed E-state index contributed by atoms with van der Waals surface area (Å²) in [5, 5.41) is 9.92. The molecule has 62 valence electrons. The van der Waals surface area contributed by atoms with Crippen molar-refractivity contribution >= 4 is 17.8 Å². The van der Waals surface area contributed by atoms with Crippen molar-refractivity contribution in [3.8, 4) is 0 Å². The summed E-state index contributed by atoms with van der Waals surface area (Å²) in [6.45, 7) is 0. The Morgan fingerprint density at radius 3 is 2.62 bits per heavy atom. The van der Waals surface area contributed by atoms with Crippen LogP contribution in [0.3, 0.4) is 0 Å². The van der Waals surface area contributed by atoms with E-state index in [1.54, 1.807) is 12.1 Å². The first-order chi connectivity index (χ1) is 5.70. The zero-order valence-electron chi connectivity index (χ0n) is 7.02. The van der Waals surface area contributed by atoms with Crippen LogP contribution in [0.4, 0.5) is 0 Å². The fraction of sp³-hybridized carbons (Fsp3) is 0. The smallest absolute Gasteiger partial charge is 0.541 e. The van der Waals surface area contributed by atoms with E-state index in [4.69, 9.17) is 4.42 Å². The van der Waals surface area contributed by atoms with Crippen LogP contribution in [0, 0.1) is 0 Å². The van der Waals surface area contributed by atoms with E-state index in [-0.39, 0.29) is 51.4 Å². The molecule has 1 aromatic rings. The first-order valence-electron chi connectivity index (χ1n) is 3.17. The third-order valence-electron chi connectivity index (χ3n) is 1.14. The van der Waals surface area contributed by atoms with E-state index in [1.165, 1.54) is 12.3 Å². The number of hydrogen-bond donors (Lipinski definition) is 0. The van der Waals surface area contributed by atoms with Gasteiger partial charge in [0.1, 0.15) is 11.7 Å². The van der Waals surface area contributed by atoms with Crippen LogP contribution in [0.1, 0.15) is 5.76 Å². The Labute approximate surface area is 117 Å². The molecule has 0 bridgehead atoms. The van der Waals surface area contributed by atoms with Crippen LogP contribution < -0.4 is 56.5 Å². The van der Waals surface area contributed by atoms with Crippen LogP contribution in [-0.2, 0) is 9.59 Å². The second kappa shape index (κ2) is 6.28. The quantitative estimate of drug-likeness (QED) is 0.292. The number of carbonyl (C=O) groups excluding carboxylic acids is 2. The molecular formula is C8H5KO4. The molecule has 0 aromatic carbocycles. The average Bonchev–Trinajstić information content (AvgIpc) is 2.51. The Morgan fingerprint density at radius 2 is 2.15 bits per heavy atom. The van der Waals surface area contributed by atoms with Gasteiger partial charge in [0.05, 0.1) is 6.26 Å². The summed E-state index contributed by atoms with van der Waals surface area (Å²) in [6.07, 6.45) is 3.56. The van der Waals surface area contributed by atoms with E-state index in [0.29, 0.717) is 5.76 Å². The van der Waals surface area contributed by atoms with Crippen molar-refractivity contribution in [3.63, 3.8) is 0 Å². The molecular weight excluding hydrogens is 199 g/mol. The van der Waals surface area contributed by atoms with Crippen LogP contribution in [0.15, 0.2) is 28.9 Å². The van der Waals surface area contributed by atoms with Crippen molar-refractivity contribution in [2.45, 2.75) is 0 Å². The number of aliphatic carboxylic acids is 1. The van der Waals surface area contributed by atoms with Gasteiger partial charge in [-0.1, -0.05) is 0 Å². The molecule has 0 amide bonds. The minimum absolute atomic E-state index is 0. The van der Waals surface area contributed by atoms with Gasteiger partial charge in [0.15, 0.2) is 0 Å². The summed E-state index contributed by atoms with van der Waals surface area (Å²) in [5.74, 6) is -2.38. The van der Waals surface area contributed by atoms with Gasteiger partial charge in [-0.3, -0.25) is 4.79 Å². The van der Waals surface area contributed by atoms with E-state index < -0.39 is 11.8 Å². The van der Waals surface area contributed by atoms with Crippen molar-refractivity contribution in [1.82, 2.24) is 0 Å². The molecule has 0 N–H and O–H groups in total. The molecule has 0 aliphatic rings. The van der Waals surface area contributed by atoms with Gasteiger partial charge in [-0.05, 0) is 24.3 Å². The van der Waals surface area contributed by atoms with Gasteiger partial charge in [0.2, 0.25) is 5.78 Å². The van der Waals surface area contributed by atoms with E-state index in [1.807, 2.05) is 0 Å². The van der Waals surface area contributed by atoms with Crippen molar-refractivity contribution in [2.24, 2.45) is 0 Å². The van der Waals surface area contributed by atoms with Crippen LogP contribution in [-0.4, -0.2) is 11.8 Å². The predicted molar refractivity (Wildman–Crippen MR) is 37.8 cm³/mol. The van der Waals surface area contributed by atoms with Gasteiger partial charge >= 0.3 is 51.4 Å². The second-order valence-corrected chi connectivity index (χ2v) is 2.00. The fourth-order valence-electron chi connectivity index (χ4n) is 0.612. The molecule has 0 radical (unpaired) electrons. The molecule has 5 heteroatoms. The third kappa shape index (κ3) is 4.54. The van der Waals surface area contributed by atoms with E-state index in [9.17, 15) is 14.7 Å². The maximum absolute atomic E-state index is 10.4. The van der Waals surface area contributed by atoms with Crippen molar-refractivity contribution in [1.29, 1.82) is 0 Å². The van der Waals surface area contributed by atoms with Crippen LogP contribution in [0.2, 0.25) is 0 Å². The molecule has 0 saturated heterocycles. The molecule has 0 unspecified atom stereocenters. The molecule has 0 spiro atoms. The predicted octanol–water partition coefficient (Wildman–Crippen LogP) is -3.38. The minimum atomic E-state index is -1.72. The Morgan fingerprint density at radius 1 is 1.46 bits per heavy atom. The second-order valence-electron chi connectivity index (χ2n) is 2.00. The topological polar surface area (TPSA) is 70.3 Å². The molecule has 0 fully saturated rings. The Balaban J connectivity index is 0.00000144. The van der Waals surface area contributed by atoms with E-state index >= 15 is 0 Å². The summed E-state index contributed by atoms with van der Waals surface area (Å²) in [6, 6.07) is 3.22. The van der Waals surface area contributed by atoms with E-state index in [0.717, 1.165) is 6.08 Å². The van der Waals surface area contributed by atoms with Crippen molar-refractivity contribution < 1.29 is 70.5 Å². The number of carbonyl (C=O) groups is 2. The molecule has 0 saturated carbocycles. The molecule has 1 aromatic heterocycles. The number of carboxylic acid groups (broad SMARTS) is 1. The third-order valence-corrected chi connectivity index (χ3v) is 1.14. The molecule has 0 atom stereocenters. The van der Waals surface area contributed by atoms with Crippen molar-refractivity contribution in [2.75, 3.05) is 0 Å². The first kappa shape index (κ1) is 12.8. The average molecular weight is 204 g/mol. The monoisotopic (exact) mass is 204 g/mol. The van der Waals surface area contributed by atoms with Gasteiger partial charge in [-0.2, -0.15) is 0 Å². The number of rotatable bonds is 3. The number of carboxylic acids is 1.